The number of benzene rings is 1. The van der Waals surface area contributed by atoms with Crippen LogP contribution in [0.1, 0.15) is 53.5 Å². The van der Waals surface area contributed by atoms with Crippen LogP contribution in [-0.2, 0) is 17.8 Å². The van der Waals surface area contributed by atoms with Crippen LogP contribution in [0.3, 0.4) is 0 Å². The molecule has 0 aliphatic rings. The second-order valence-electron chi connectivity index (χ2n) is 6.91. The molecule has 22 heavy (non-hydrogen) atoms. The van der Waals surface area contributed by atoms with Crippen LogP contribution in [0.5, 0.6) is 11.5 Å². The third-order valence-corrected chi connectivity index (χ3v) is 4.85. The predicted octanol–water partition coefficient (Wildman–Crippen LogP) is 3.55. The molecule has 1 aromatic carbocycles. The molecule has 0 aliphatic carbocycles. The molecule has 126 valence electrons. The second-order valence-corrected chi connectivity index (χ2v) is 8.91. The van der Waals surface area contributed by atoms with Crippen LogP contribution in [-0.4, -0.2) is 26.6 Å². The van der Waals surface area contributed by atoms with Crippen LogP contribution in [0.15, 0.2) is 18.2 Å². The summed E-state index contributed by atoms with van der Waals surface area (Å²) in [5.74, 6) is 0.684. The highest BCUT2D eigenvalue weighted by atomic mass is 32.2. The van der Waals surface area contributed by atoms with Gasteiger partial charge in [-0.1, -0.05) is 6.07 Å². The summed E-state index contributed by atoms with van der Waals surface area (Å²) in [7, 11) is 0. The number of ether oxygens (including phenoxy) is 1. The Kier molecular flexibility index (Phi) is 7.03. The number of hydrogen-bond acceptors (Lipinski definition) is 4. The first kappa shape index (κ1) is 19.1. The molecule has 0 aliphatic heterocycles. The van der Waals surface area contributed by atoms with Gasteiger partial charge in [0, 0.05) is 11.4 Å². The molecule has 2 atom stereocenters. The lowest BCUT2D eigenvalue weighted by Gasteiger charge is -2.26. The molecule has 1 rings (SSSR count). The molecule has 0 spiro atoms. The van der Waals surface area contributed by atoms with Crippen LogP contribution < -0.4 is 9.46 Å². The van der Waals surface area contributed by atoms with Crippen molar-refractivity contribution in [2.24, 2.45) is 0 Å². The maximum Gasteiger partial charge on any atom is 0.161 e. The van der Waals surface area contributed by atoms with Crippen LogP contribution in [0.2, 0.25) is 0 Å². The molecular formula is C17H29NO3S. The third kappa shape index (κ3) is 6.46. The molecule has 2 unspecified atom stereocenters. The fourth-order valence-corrected chi connectivity index (χ4v) is 2.70. The number of rotatable bonds is 7. The van der Waals surface area contributed by atoms with Crippen molar-refractivity contribution in [1.82, 2.24) is 4.72 Å². The fourth-order valence-electron chi connectivity index (χ4n) is 1.86. The zero-order chi connectivity index (χ0) is 16.9. The van der Waals surface area contributed by atoms with E-state index in [1.54, 1.807) is 6.07 Å². The van der Waals surface area contributed by atoms with Gasteiger partial charge in [-0.3, -0.25) is 0 Å². The van der Waals surface area contributed by atoms with Gasteiger partial charge in [-0.25, -0.2) is 0 Å². The first-order valence-electron chi connectivity index (χ1n) is 7.76. The molecule has 0 radical (unpaired) electrons. The van der Waals surface area contributed by atoms with Gasteiger partial charge in [0.15, 0.2) is 11.5 Å². The summed E-state index contributed by atoms with van der Waals surface area (Å²) in [5, 5.41) is 9.79. The van der Waals surface area contributed by atoms with Gasteiger partial charge < -0.3 is 14.4 Å². The van der Waals surface area contributed by atoms with E-state index in [-0.39, 0.29) is 22.6 Å². The molecule has 0 fully saturated rings. The topological polar surface area (TPSA) is 64.5 Å². The summed E-state index contributed by atoms with van der Waals surface area (Å²) in [6.45, 7) is 11.8. The lowest BCUT2D eigenvalue weighted by molar-refractivity contribution is 0.231. The smallest absolute Gasteiger partial charge is 0.161 e. The Morgan fingerprint density at radius 1 is 1.27 bits per heavy atom. The SMILES string of the molecule is CC(CCc1ccc(O)c(OC(C)C)c1)N[S+]([O-])C(C)(C)C. The van der Waals surface area contributed by atoms with Gasteiger partial charge in [0.05, 0.1) is 12.1 Å². The number of nitrogens with one attached hydrogen (secondary N) is 1. The Morgan fingerprint density at radius 2 is 1.91 bits per heavy atom. The van der Waals surface area contributed by atoms with Crippen LogP contribution >= 0.6 is 0 Å². The monoisotopic (exact) mass is 327 g/mol. The van der Waals surface area contributed by atoms with Crippen molar-refractivity contribution in [1.29, 1.82) is 0 Å². The van der Waals surface area contributed by atoms with Gasteiger partial charge in [-0.15, -0.1) is 4.72 Å². The maximum atomic E-state index is 12.1. The van der Waals surface area contributed by atoms with Crippen molar-refractivity contribution in [2.75, 3.05) is 0 Å². The molecule has 0 aromatic heterocycles. The first-order valence-corrected chi connectivity index (χ1v) is 8.91. The van der Waals surface area contributed by atoms with Crippen LogP contribution in [0.4, 0.5) is 0 Å². The minimum atomic E-state index is -1.06. The van der Waals surface area contributed by atoms with Gasteiger partial charge in [0.2, 0.25) is 0 Å². The fraction of sp³-hybridized carbons (Fsp3) is 0.647. The van der Waals surface area contributed by atoms with E-state index in [0.29, 0.717) is 5.75 Å². The second kappa shape index (κ2) is 8.09. The lowest BCUT2D eigenvalue weighted by Crippen LogP contribution is -2.43. The zero-order valence-corrected chi connectivity index (χ0v) is 15.3. The van der Waals surface area contributed by atoms with Crippen molar-refractivity contribution < 1.29 is 14.4 Å². The largest absolute Gasteiger partial charge is 0.598 e. The highest BCUT2D eigenvalue weighted by Gasteiger charge is 2.27. The highest BCUT2D eigenvalue weighted by Crippen LogP contribution is 2.28. The van der Waals surface area contributed by atoms with Gasteiger partial charge in [-0.05, 0) is 72.1 Å². The highest BCUT2D eigenvalue weighted by molar-refractivity contribution is 7.90. The molecule has 5 heteroatoms. The summed E-state index contributed by atoms with van der Waals surface area (Å²) in [5.41, 5.74) is 1.10. The molecule has 0 heterocycles. The number of phenols is 1. The van der Waals surface area contributed by atoms with E-state index >= 15 is 0 Å². The van der Waals surface area contributed by atoms with E-state index in [0.717, 1.165) is 18.4 Å². The Morgan fingerprint density at radius 3 is 2.45 bits per heavy atom. The van der Waals surface area contributed by atoms with E-state index in [9.17, 15) is 9.66 Å². The summed E-state index contributed by atoms with van der Waals surface area (Å²) in [4.78, 5) is 0. The Labute approximate surface area is 137 Å². The van der Waals surface area contributed by atoms with E-state index < -0.39 is 11.4 Å². The van der Waals surface area contributed by atoms with Crippen molar-refractivity contribution in [3.05, 3.63) is 23.8 Å². The van der Waals surface area contributed by atoms with Crippen molar-refractivity contribution in [2.45, 2.75) is 71.3 Å². The summed E-state index contributed by atoms with van der Waals surface area (Å²) >= 11 is -1.06. The van der Waals surface area contributed by atoms with Gasteiger partial charge in [0.1, 0.15) is 4.75 Å². The van der Waals surface area contributed by atoms with Crippen molar-refractivity contribution in [3.63, 3.8) is 0 Å². The number of aryl methyl sites for hydroxylation is 1. The molecule has 1 aromatic rings. The van der Waals surface area contributed by atoms with E-state index in [2.05, 4.69) is 4.72 Å². The Hall–Kier alpha value is -0.910. The minimum Gasteiger partial charge on any atom is -0.598 e. The number of phenolic OH excluding ortho intramolecular Hbond substituents is 1. The molecule has 0 amide bonds. The average Bonchev–Trinajstić information content (AvgIpc) is 2.38. The quantitative estimate of drug-likeness (QED) is 0.752. The van der Waals surface area contributed by atoms with E-state index in [4.69, 9.17) is 4.74 Å². The molecule has 4 nitrogen and oxygen atoms in total. The van der Waals surface area contributed by atoms with E-state index in [1.165, 1.54) is 0 Å². The molecular weight excluding hydrogens is 298 g/mol. The zero-order valence-electron chi connectivity index (χ0n) is 14.5. The third-order valence-electron chi connectivity index (χ3n) is 3.12. The molecule has 2 N–H and O–H groups in total. The molecule has 0 saturated carbocycles. The van der Waals surface area contributed by atoms with Gasteiger partial charge >= 0.3 is 0 Å². The molecule has 0 saturated heterocycles. The average molecular weight is 327 g/mol. The molecule has 0 bridgehead atoms. The minimum absolute atomic E-state index is 0.0240. The van der Waals surface area contributed by atoms with Gasteiger partial charge in [-0.2, -0.15) is 0 Å². The van der Waals surface area contributed by atoms with Crippen molar-refractivity contribution in [3.8, 4) is 11.5 Å². The van der Waals surface area contributed by atoms with Crippen LogP contribution in [0, 0.1) is 0 Å². The summed E-state index contributed by atoms with van der Waals surface area (Å²) < 4.78 is 20.5. The Balaban J connectivity index is 2.57. The van der Waals surface area contributed by atoms with E-state index in [1.807, 2.05) is 53.7 Å². The number of aromatic hydroxyl groups is 1. The lowest BCUT2D eigenvalue weighted by atomic mass is 10.1. The Bertz CT molecular complexity index is 471. The van der Waals surface area contributed by atoms with Crippen molar-refractivity contribution >= 4 is 11.4 Å². The summed E-state index contributed by atoms with van der Waals surface area (Å²) in [6.07, 6.45) is 1.73. The predicted molar refractivity (Wildman–Crippen MR) is 92.7 cm³/mol. The first-order chi connectivity index (χ1) is 10.1. The standard InChI is InChI=1S/C17H29NO3S/c1-12(2)21-16-11-14(9-10-15(16)19)8-7-13(3)18-22(20)17(4,5)6/h9-13,18-19H,7-8H2,1-6H3. The van der Waals surface area contributed by atoms with Gasteiger partial charge in [0.25, 0.3) is 0 Å². The van der Waals surface area contributed by atoms with Crippen LogP contribution in [0.25, 0.3) is 0 Å². The summed E-state index contributed by atoms with van der Waals surface area (Å²) in [6, 6.07) is 5.60. The number of hydrogen-bond donors (Lipinski definition) is 2. The normalized spacial score (nSPS) is 14.9. The maximum absolute atomic E-state index is 12.1.